The maximum absolute atomic E-state index is 12.9. The smallest absolute Gasteiger partial charge is 0.252 e. The van der Waals surface area contributed by atoms with Gasteiger partial charge in [-0.05, 0) is 56.5 Å². The molecule has 6 heteroatoms. The van der Waals surface area contributed by atoms with Crippen LogP contribution in [0, 0.1) is 0 Å². The summed E-state index contributed by atoms with van der Waals surface area (Å²) in [7, 11) is 1.62. The molecule has 1 fully saturated rings. The molecule has 25 heavy (non-hydrogen) atoms. The number of benzene rings is 1. The van der Waals surface area contributed by atoms with Crippen LogP contribution in [0.1, 0.15) is 45.1 Å². The van der Waals surface area contributed by atoms with Gasteiger partial charge < -0.3 is 15.4 Å². The van der Waals surface area contributed by atoms with Gasteiger partial charge in [-0.1, -0.05) is 43.1 Å². The second kappa shape index (κ2) is 8.72. The van der Waals surface area contributed by atoms with Crippen molar-refractivity contribution in [3.8, 4) is 0 Å². The molecule has 2 N–H and O–H groups in total. The summed E-state index contributed by atoms with van der Waals surface area (Å²) in [5.41, 5.74) is 0.200. The Balaban J connectivity index is 2.18. The van der Waals surface area contributed by atoms with E-state index in [1.54, 1.807) is 7.11 Å². The Hall–Kier alpha value is -0.810. The molecule has 0 radical (unpaired) electrons. The number of ether oxygens (including phenoxy) is 1. The molecule has 2 rings (SSSR count). The summed E-state index contributed by atoms with van der Waals surface area (Å²) in [5.74, 6) is -0.0252. The second-order valence-electron chi connectivity index (χ2n) is 6.75. The van der Waals surface area contributed by atoms with Crippen LogP contribution in [0.15, 0.2) is 18.2 Å². The number of methoxy groups -OCH3 is 1. The molecule has 140 valence electrons. The van der Waals surface area contributed by atoms with Gasteiger partial charge in [0.05, 0.1) is 10.0 Å². The summed E-state index contributed by atoms with van der Waals surface area (Å²) in [6.07, 6.45) is 3.16. The number of carbonyl (C=O) groups excluding carboxylic acids is 1. The van der Waals surface area contributed by atoms with E-state index in [-0.39, 0.29) is 11.3 Å². The van der Waals surface area contributed by atoms with Gasteiger partial charge >= 0.3 is 0 Å². The van der Waals surface area contributed by atoms with Gasteiger partial charge in [0.1, 0.15) is 5.60 Å². The van der Waals surface area contributed by atoms with E-state index >= 15 is 0 Å². The molecule has 0 bridgehead atoms. The van der Waals surface area contributed by atoms with E-state index in [1.807, 2.05) is 18.2 Å². The van der Waals surface area contributed by atoms with Gasteiger partial charge in [0.2, 0.25) is 0 Å². The molecule has 0 unspecified atom stereocenters. The van der Waals surface area contributed by atoms with E-state index in [1.165, 1.54) is 0 Å². The van der Waals surface area contributed by atoms with Crippen LogP contribution < -0.4 is 10.6 Å². The largest absolute Gasteiger partial charge is 0.368 e. The van der Waals surface area contributed by atoms with Gasteiger partial charge in [-0.25, -0.2) is 0 Å². The minimum atomic E-state index is -0.726. The quantitative estimate of drug-likeness (QED) is 0.745. The molecular weight excluding hydrogens is 359 g/mol. The first-order chi connectivity index (χ1) is 11.9. The molecule has 0 spiro atoms. The summed E-state index contributed by atoms with van der Waals surface area (Å²) in [4.78, 5) is 12.9. The van der Waals surface area contributed by atoms with Crippen LogP contribution >= 0.6 is 23.2 Å². The molecule has 0 saturated carbocycles. The Labute approximate surface area is 160 Å². The molecule has 4 nitrogen and oxygen atoms in total. The fraction of sp³-hybridized carbons (Fsp3) is 0.632. The zero-order valence-corrected chi connectivity index (χ0v) is 16.8. The van der Waals surface area contributed by atoms with Gasteiger partial charge in [0.25, 0.3) is 5.91 Å². The van der Waals surface area contributed by atoms with Crippen molar-refractivity contribution in [2.75, 3.05) is 26.7 Å². The molecule has 0 aromatic heterocycles. The highest BCUT2D eigenvalue weighted by molar-refractivity contribution is 6.42. The lowest BCUT2D eigenvalue weighted by molar-refractivity contribution is -0.147. The van der Waals surface area contributed by atoms with Crippen LogP contribution in [0.4, 0.5) is 0 Å². The third kappa shape index (κ3) is 4.30. The molecule has 0 aliphatic carbocycles. The number of amides is 1. The number of carbonyl (C=O) groups is 1. The first-order valence-electron chi connectivity index (χ1n) is 8.93. The van der Waals surface area contributed by atoms with E-state index in [9.17, 15) is 4.79 Å². The van der Waals surface area contributed by atoms with Gasteiger partial charge in [0.15, 0.2) is 0 Å². The summed E-state index contributed by atoms with van der Waals surface area (Å²) >= 11 is 12.3. The van der Waals surface area contributed by atoms with Crippen molar-refractivity contribution in [1.82, 2.24) is 10.6 Å². The van der Waals surface area contributed by atoms with Crippen molar-refractivity contribution in [2.45, 2.75) is 50.5 Å². The van der Waals surface area contributed by atoms with Gasteiger partial charge in [-0.15, -0.1) is 0 Å². The van der Waals surface area contributed by atoms with E-state index in [2.05, 4.69) is 24.5 Å². The molecule has 1 amide bonds. The average molecular weight is 387 g/mol. The molecule has 1 aromatic carbocycles. The maximum Gasteiger partial charge on any atom is 0.252 e. The molecule has 1 aromatic rings. The molecule has 1 aliphatic heterocycles. The molecule has 1 heterocycles. The highest BCUT2D eigenvalue weighted by Crippen LogP contribution is 2.35. The number of nitrogens with one attached hydrogen (secondary N) is 2. The van der Waals surface area contributed by atoms with Crippen molar-refractivity contribution in [2.24, 2.45) is 0 Å². The van der Waals surface area contributed by atoms with Gasteiger partial charge in [-0.3, -0.25) is 4.79 Å². The molecular formula is C19H28Cl2N2O2. The van der Waals surface area contributed by atoms with E-state index in [0.717, 1.165) is 31.5 Å². The van der Waals surface area contributed by atoms with Crippen LogP contribution in [-0.4, -0.2) is 38.3 Å². The van der Waals surface area contributed by atoms with Crippen molar-refractivity contribution in [3.63, 3.8) is 0 Å². The third-order valence-corrected chi connectivity index (χ3v) is 6.43. The number of piperidine rings is 1. The fourth-order valence-corrected chi connectivity index (χ4v) is 3.90. The number of rotatable bonds is 7. The lowest BCUT2D eigenvalue weighted by Crippen LogP contribution is -2.56. The minimum Gasteiger partial charge on any atom is -0.368 e. The number of hydrogen-bond acceptors (Lipinski definition) is 3. The second-order valence-corrected chi connectivity index (χ2v) is 7.56. The topological polar surface area (TPSA) is 50.4 Å². The highest BCUT2D eigenvalue weighted by Gasteiger charge is 2.41. The zero-order chi connectivity index (χ0) is 18.5. The monoisotopic (exact) mass is 386 g/mol. The standard InChI is InChI=1S/C19H28Cl2N2O2/c1-4-18(5-2,14-6-7-15(20)16(21)12-14)13-23-17(24)19(25-3)8-10-22-11-9-19/h6-7,12,22H,4-5,8-11,13H2,1-3H3,(H,23,24). The normalized spacial score (nSPS) is 17.3. The lowest BCUT2D eigenvalue weighted by Gasteiger charge is -2.38. The van der Waals surface area contributed by atoms with Crippen molar-refractivity contribution >= 4 is 29.1 Å². The van der Waals surface area contributed by atoms with Crippen molar-refractivity contribution in [1.29, 1.82) is 0 Å². The summed E-state index contributed by atoms with van der Waals surface area (Å²) < 4.78 is 5.62. The van der Waals surface area contributed by atoms with E-state index in [0.29, 0.717) is 29.4 Å². The first-order valence-corrected chi connectivity index (χ1v) is 9.68. The van der Waals surface area contributed by atoms with Gasteiger partial charge in [-0.2, -0.15) is 0 Å². The van der Waals surface area contributed by atoms with E-state index < -0.39 is 5.60 Å². The molecule has 1 saturated heterocycles. The Morgan fingerprint density at radius 2 is 1.88 bits per heavy atom. The Morgan fingerprint density at radius 1 is 1.24 bits per heavy atom. The molecule has 1 aliphatic rings. The average Bonchev–Trinajstić information content (AvgIpc) is 2.65. The fourth-order valence-electron chi connectivity index (χ4n) is 3.60. The maximum atomic E-state index is 12.9. The van der Waals surface area contributed by atoms with Crippen molar-refractivity contribution in [3.05, 3.63) is 33.8 Å². The van der Waals surface area contributed by atoms with E-state index in [4.69, 9.17) is 27.9 Å². The number of halogens is 2. The summed E-state index contributed by atoms with van der Waals surface area (Å²) in [6.45, 7) is 6.40. The highest BCUT2D eigenvalue weighted by atomic mass is 35.5. The summed E-state index contributed by atoms with van der Waals surface area (Å²) in [5, 5.41) is 7.52. The summed E-state index contributed by atoms with van der Waals surface area (Å²) in [6, 6.07) is 5.74. The zero-order valence-electron chi connectivity index (χ0n) is 15.3. The Kier molecular flexibility index (Phi) is 7.15. The van der Waals surface area contributed by atoms with Crippen LogP contribution in [-0.2, 0) is 14.9 Å². The van der Waals surface area contributed by atoms with Crippen LogP contribution in [0.25, 0.3) is 0 Å². The predicted molar refractivity (Wildman–Crippen MR) is 104 cm³/mol. The van der Waals surface area contributed by atoms with Gasteiger partial charge in [0, 0.05) is 19.1 Å². The minimum absolute atomic E-state index is 0.0252. The van der Waals surface area contributed by atoms with Crippen LogP contribution in [0.2, 0.25) is 10.0 Å². The lowest BCUT2D eigenvalue weighted by atomic mass is 9.75. The molecule has 0 atom stereocenters. The Bertz CT molecular complexity index is 597. The van der Waals surface area contributed by atoms with Crippen LogP contribution in [0.3, 0.4) is 0 Å². The van der Waals surface area contributed by atoms with Crippen LogP contribution in [0.5, 0.6) is 0 Å². The van der Waals surface area contributed by atoms with Crippen molar-refractivity contribution < 1.29 is 9.53 Å². The first kappa shape index (κ1) is 20.5. The third-order valence-electron chi connectivity index (χ3n) is 5.69. The SMILES string of the molecule is CCC(CC)(CNC(=O)C1(OC)CCNCC1)c1ccc(Cl)c(Cl)c1. The Morgan fingerprint density at radius 3 is 2.40 bits per heavy atom. The number of hydrogen-bond donors (Lipinski definition) is 2. The predicted octanol–water partition coefficient (Wildman–Crippen LogP) is 3.94.